The molecule has 1 aliphatic heterocycles. The molecule has 0 amide bonds. The molecule has 2 aromatic rings. The second kappa shape index (κ2) is 5.00. The Kier molecular flexibility index (Phi) is 3.20. The Bertz CT molecular complexity index is 582. The van der Waals surface area contributed by atoms with Gasteiger partial charge in [-0.3, -0.25) is 0 Å². The minimum Gasteiger partial charge on any atom is -0.354 e. The first-order chi connectivity index (χ1) is 9.26. The molecule has 0 atom stereocenters. The number of anilines is 2. The largest absolute Gasteiger partial charge is 0.354 e. The molecule has 3 heterocycles. The average Bonchev–Trinajstić information content (AvgIpc) is 2.85. The smallest absolute Gasteiger partial charge is 0.231 e. The summed E-state index contributed by atoms with van der Waals surface area (Å²) < 4.78 is 2.13. The number of hydrogen-bond acceptors (Lipinski definition) is 6. The average molecular weight is 280 g/mol. The molecule has 0 aliphatic carbocycles. The lowest BCUT2D eigenvalue weighted by Gasteiger charge is -2.27. The van der Waals surface area contributed by atoms with Gasteiger partial charge in [0.05, 0.1) is 6.54 Å². The molecule has 0 bridgehead atoms. The van der Waals surface area contributed by atoms with Crippen molar-refractivity contribution in [2.75, 3.05) is 23.3 Å². The predicted octanol–water partition coefficient (Wildman–Crippen LogP) is 1.17. The van der Waals surface area contributed by atoms with Gasteiger partial charge in [-0.15, -0.1) is 0 Å². The molecular formula is C11H14ClN7. The second-order valence-electron chi connectivity index (χ2n) is 4.22. The fourth-order valence-electron chi connectivity index (χ4n) is 2.06. The normalized spacial score (nSPS) is 14.3. The Morgan fingerprint density at radius 3 is 3.05 bits per heavy atom. The number of aromatic nitrogens is 5. The third-order valence-electron chi connectivity index (χ3n) is 2.96. The lowest BCUT2D eigenvalue weighted by atomic mass is 10.4. The third kappa shape index (κ3) is 2.46. The summed E-state index contributed by atoms with van der Waals surface area (Å²) in [5.41, 5.74) is 0. The first kappa shape index (κ1) is 12.2. The van der Waals surface area contributed by atoms with Crippen LogP contribution in [0.3, 0.4) is 0 Å². The fourth-order valence-corrected chi connectivity index (χ4v) is 2.22. The molecule has 0 unspecified atom stereocenters. The van der Waals surface area contributed by atoms with Crippen LogP contribution in [0.1, 0.15) is 12.7 Å². The van der Waals surface area contributed by atoms with Crippen molar-refractivity contribution in [3.63, 3.8) is 0 Å². The van der Waals surface area contributed by atoms with E-state index < -0.39 is 0 Å². The lowest BCUT2D eigenvalue weighted by molar-refractivity contribution is 0.551. The summed E-state index contributed by atoms with van der Waals surface area (Å²) in [6.07, 6.45) is 3.79. The Morgan fingerprint density at radius 2 is 2.21 bits per heavy atom. The van der Waals surface area contributed by atoms with Crippen molar-refractivity contribution in [2.24, 2.45) is 0 Å². The van der Waals surface area contributed by atoms with E-state index in [0.717, 1.165) is 25.5 Å². The van der Waals surface area contributed by atoms with E-state index in [1.807, 2.05) is 19.3 Å². The van der Waals surface area contributed by atoms with Crippen LogP contribution < -0.4 is 10.2 Å². The molecule has 0 fully saturated rings. The summed E-state index contributed by atoms with van der Waals surface area (Å²) >= 11 is 5.93. The topological polar surface area (TPSA) is 71.8 Å². The van der Waals surface area contributed by atoms with Gasteiger partial charge in [0.2, 0.25) is 17.2 Å². The van der Waals surface area contributed by atoms with E-state index in [9.17, 15) is 0 Å². The van der Waals surface area contributed by atoms with Crippen LogP contribution in [0.25, 0.3) is 0 Å². The highest BCUT2D eigenvalue weighted by Gasteiger charge is 2.20. The maximum absolute atomic E-state index is 5.93. The molecule has 8 heteroatoms. The summed E-state index contributed by atoms with van der Waals surface area (Å²) in [6.45, 7) is 5.10. The van der Waals surface area contributed by atoms with Gasteiger partial charge in [0.15, 0.2) is 0 Å². The fraction of sp³-hybridized carbons (Fsp3) is 0.455. The molecule has 1 N–H and O–H groups in total. The molecule has 0 saturated heterocycles. The van der Waals surface area contributed by atoms with Crippen molar-refractivity contribution < 1.29 is 0 Å². The van der Waals surface area contributed by atoms with Crippen LogP contribution in [0.5, 0.6) is 0 Å². The van der Waals surface area contributed by atoms with Gasteiger partial charge < -0.3 is 14.8 Å². The highest BCUT2D eigenvalue weighted by Crippen LogP contribution is 2.18. The number of nitrogens with zero attached hydrogens (tertiary/aromatic N) is 6. The molecule has 0 aromatic carbocycles. The molecular weight excluding hydrogens is 266 g/mol. The van der Waals surface area contributed by atoms with E-state index in [1.54, 1.807) is 0 Å². The first-order valence-corrected chi connectivity index (χ1v) is 6.54. The number of fused-ring (bicyclic) bond motifs is 1. The Morgan fingerprint density at radius 1 is 1.32 bits per heavy atom. The SMILES string of the molecule is CCNc1nc(Cl)nc(N2CCn3ccnc3C2)n1. The Labute approximate surface area is 115 Å². The van der Waals surface area contributed by atoms with E-state index in [0.29, 0.717) is 18.4 Å². The van der Waals surface area contributed by atoms with Crippen molar-refractivity contribution in [1.82, 2.24) is 24.5 Å². The van der Waals surface area contributed by atoms with Gasteiger partial charge >= 0.3 is 0 Å². The predicted molar refractivity (Wildman–Crippen MR) is 72.3 cm³/mol. The maximum Gasteiger partial charge on any atom is 0.231 e. The number of rotatable bonds is 3. The molecule has 0 spiro atoms. The first-order valence-electron chi connectivity index (χ1n) is 6.16. The van der Waals surface area contributed by atoms with Gasteiger partial charge in [-0.2, -0.15) is 15.0 Å². The summed E-state index contributed by atoms with van der Waals surface area (Å²) in [5.74, 6) is 2.10. The number of hydrogen-bond donors (Lipinski definition) is 1. The Balaban J connectivity index is 1.87. The molecule has 7 nitrogen and oxygen atoms in total. The summed E-state index contributed by atoms with van der Waals surface area (Å²) in [4.78, 5) is 19.0. The number of nitrogens with one attached hydrogen (secondary N) is 1. The van der Waals surface area contributed by atoms with Crippen molar-refractivity contribution in [1.29, 1.82) is 0 Å². The van der Waals surface area contributed by atoms with E-state index in [2.05, 4.69) is 34.7 Å². The van der Waals surface area contributed by atoms with E-state index >= 15 is 0 Å². The lowest BCUT2D eigenvalue weighted by Crippen LogP contribution is -2.35. The Hall–Kier alpha value is -1.89. The third-order valence-corrected chi connectivity index (χ3v) is 3.13. The van der Waals surface area contributed by atoms with Crippen molar-refractivity contribution in [3.05, 3.63) is 23.5 Å². The number of imidazole rings is 1. The molecule has 19 heavy (non-hydrogen) atoms. The van der Waals surface area contributed by atoms with Crippen LogP contribution in [0.15, 0.2) is 12.4 Å². The molecule has 3 rings (SSSR count). The van der Waals surface area contributed by atoms with Gasteiger partial charge in [0.1, 0.15) is 5.82 Å². The number of halogens is 1. The van der Waals surface area contributed by atoms with Crippen LogP contribution >= 0.6 is 11.6 Å². The van der Waals surface area contributed by atoms with Crippen molar-refractivity contribution in [3.8, 4) is 0 Å². The summed E-state index contributed by atoms with van der Waals surface area (Å²) in [7, 11) is 0. The van der Waals surface area contributed by atoms with Crippen LogP contribution in [0.2, 0.25) is 5.28 Å². The zero-order chi connectivity index (χ0) is 13.2. The molecule has 1 aliphatic rings. The van der Waals surface area contributed by atoms with E-state index in [1.165, 1.54) is 0 Å². The van der Waals surface area contributed by atoms with Gasteiger partial charge in [0.25, 0.3) is 0 Å². The van der Waals surface area contributed by atoms with Gasteiger partial charge in [-0.1, -0.05) is 0 Å². The maximum atomic E-state index is 5.93. The minimum atomic E-state index is 0.204. The quantitative estimate of drug-likeness (QED) is 0.909. The van der Waals surface area contributed by atoms with E-state index in [4.69, 9.17) is 11.6 Å². The monoisotopic (exact) mass is 279 g/mol. The zero-order valence-electron chi connectivity index (χ0n) is 10.5. The van der Waals surface area contributed by atoms with E-state index in [-0.39, 0.29) is 5.28 Å². The molecule has 0 radical (unpaired) electrons. The standard InChI is InChI=1S/C11H14ClN7/c1-2-13-10-15-9(12)16-11(17-10)19-6-5-18-4-3-14-8(18)7-19/h3-4H,2,5-7H2,1H3,(H,13,15,16,17). The molecule has 100 valence electrons. The molecule has 2 aromatic heterocycles. The summed E-state index contributed by atoms with van der Waals surface area (Å²) in [6, 6.07) is 0. The minimum absolute atomic E-state index is 0.204. The van der Waals surface area contributed by atoms with Gasteiger partial charge in [-0.25, -0.2) is 4.98 Å². The highest BCUT2D eigenvalue weighted by molar-refractivity contribution is 6.28. The van der Waals surface area contributed by atoms with Crippen LogP contribution in [0.4, 0.5) is 11.9 Å². The van der Waals surface area contributed by atoms with Gasteiger partial charge in [-0.05, 0) is 18.5 Å². The van der Waals surface area contributed by atoms with Crippen LogP contribution in [-0.4, -0.2) is 37.6 Å². The van der Waals surface area contributed by atoms with Crippen LogP contribution in [0, 0.1) is 0 Å². The zero-order valence-corrected chi connectivity index (χ0v) is 11.3. The summed E-state index contributed by atoms with van der Waals surface area (Å²) in [5, 5.41) is 3.25. The highest BCUT2D eigenvalue weighted by atomic mass is 35.5. The van der Waals surface area contributed by atoms with Gasteiger partial charge in [0, 0.05) is 32.0 Å². The van der Waals surface area contributed by atoms with Crippen molar-refractivity contribution in [2.45, 2.75) is 20.0 Å². The van der Waals surface area contributed by atoms with Crippen molar-refractivity contribution >= 4 is 23.5 Å². The van der Waals surface area contributed by atoms with Crippen LogP contribution in [-0.2, 0) is 13.1 Å². The second-order valence-corrected chi connectivity index (χ2v) is 4.55. The molecule has 0 saturated carbocycles.